The first-order chi connectivity index (χ1) is 15.3. The van der Waals surface area contributed by atoms with Gasteiger partial charge in [0.05, 0.1) is 6.04 Å². The van der Waals surface area contributed by atoms with E-state index in [1.807, 2.05) is 44.2 Å². The van der Waals surface area contributed by atoms with Crippen molar-refractivity contribution >= 4 is 52.8 Å². The predicted octanol–water partition coefficient (Wildman–Crippen LogP) is 2.62. The SMILES string of the molecule is Cc1nnc(SCC2=C(C(=O)O)N3C(=O)C(NC(=O)NC(C)c4ccccc4)[C@@H]3SC2)s1. The lowest BCUT2D eigenvalue weighted by Gasteiger charge is -2.49. The average Bonchev–Trinajstić information content (AvgIpc) is 3.20. The first-order valence-electron chi connectivity index (χ1n) is 9.80. The Labute approximate surface area is 197 Å². The van der Waals surface area contributed by atoms with Crippen LogP contribution in [0.1, 0.15) is 23.5 Å². The van der Waals surface area contributed by atoms with Crippen LogP contribution in [0.15, 0.2) is 45.9 Å². The highest BCUT2D eigenvalue weighted by molar-refractivity contribution is 8.01. The van der Waals surface area contributed by atoms with Crippen molar-refractivity contribution in [2.75, 3.05) is 11.5 Å². The summed E-state index contributed by atoms with van der Waals surface area (Å²) in [6, 6.07) is 8.02. The van der Waals surface area contributed by atoms with Gasteiger partial charge in [-0.1, -0.05) is 53.4 Å². The predicted molar refractivity (Wildman–Crippen MR) is 123 cm³/mol. The molecule has 0 bridgehead atoms. The van der Waals surface area contributed by atoms with Crippen LogP contribution in [0.25, 0.3) is 0 Å². The molecule has 1 saturated heterocycles. The molecule has 3 amide bonds. The second-order valence-electron chi connectivity index (χ2n) is 7.27. The normalized spacial score (nSPS) is 20.9. The Morgan fingerprint density at radius 2 is 2.06 bits per heavy atom. The summed E-state index contributed by atoms with van der Waals surface area (Å²) in [5, 5.41) is 23.7. The third kappa shape index (κ3) is 4.62. The van der Waals surface area contributed by atoms with Crippen molar-refractivity contribution in [2.24, 2.45) is 0 Å². The Hall–Kier alpha value is -2.57. The van der Waals surface area contributed by atoms with Crippen molar-refractivity contribution in [3.63, 3.8) is 0 Å². The third-order valence-corrected chi connectivity index (χ3v) is 8.46. The second-order valence-corrected chi connectivity index (χ2v) is 10.8. The van der Waals surface area contributed by atoms with Gasteiger partial charge in [0, 0.05) is 11.5 Å². The van der Waals surface area contributed by atoms with E-state index in [-0.39, 0.29) is 11.7 Å². The van der Waals surface area contributed by atoms with Gasteiger partial charge in [-0.25, -0.2) is 9.59 Å². The van der Waals surface area contributed by atoms with Crippen molar-refractivity contribution in [2.45, 2.75) is 35.6 Å². The number of aliphatic carboxylic acids is 1. The number of hydrogen-bond acceptors (Lipinski definition) is 8. The van der Waals surface area contributed by atoms with Gasteiger partial charge in [0.15, 0.2) is 4.34 Å². The van der Waals surface area contributed by atoms with E-state index in [1.54, 1.807) is 0 Å². The van der Waals surface area contributed by atoms with Crippen molar-refractivity contribution in [3.05, 3.63) is 52.2 Å². The van der Waals surface area contributed by atoms with E-state index < -0.39 is 29.3 Å². The molecule has 12 heteroatoms. The number of thioether (sulfide) groups is 2. The van der Waals surface area contributed by atoms with E-state index in [9.17, 15) is 19.5 Å². The van der Waals surface area contributed by atoms with Gasteiger partial charge in [0.25, 0.3) is 5.91 Å². The number of carboxylic acids is 1. The zero-order valence-electron chi connectivity index (χ0n) is 17.3. The fourth-order valence-corrected chi connectivity index (χ4v) is 6.79. The van der Waals surface area contributed by atoms with Crippen LogP contribution in [0.3, 0.4) is 0 Å². The number of aromatic nitrogens is 2. The van der Waals surface area contributed by atoms with Gasteiger partial charge in [0.1, 0.15) is 22.1 Å². The number of hydrogen-bond donors (Lipinski definition) is 3. The number of amides is 3. The molecule has 0 aliphatic carbocycles. The van der Waals surface area contributed by atoms with Gasteiger partial charge in [0.2, 0.25) is 0 Å². The number of aryl methyl sites for hydroxylation is 1. The van der Waals surface area contributed by atoms with Gasteiger partial charge in [-0.15, -0.1) is 22.0 Å². The molecule has 1 aromatic heterocycles. The van der Waals surface area contributed by atoms with Gasteiger partial charge < -0.3 is 15.7 Å². The van der Waals surface area contributed by atoms with Crippen LogP contribution in [-0.2, 0) is 9.59 Å². The zero-order chi connectivity index (χ0) is 22.8. The minimum absolute atomic E-state index is 0.00333. The first-order valence-corrected chi connectivity index (χ1v) is 12.6. The van der Waals surface area contributed by atoms with Gasteiger partial charge >= 0.3 is 12.0 Å². The molecule has 2 aliphatic heterocycles. The van der Waals surface area contributed by atoms with Gasteiger partial charge in [-0.3, -0.25) is 9.69 Å². The van der Waals surface area contributed by atoms with E-state index in [2.05, 4.69) is 20.8 Å². The molecule has 4 rings (SSSR count). The number of carboxylic acid groups (broad SMARTS) is 1. The molecule has 32 heavy (non-hydrogen) atoms. The Kier molecular flexibility index (Phi) is 6.72. The minimum atomic E-state index is -1.15. The largest absolute Gasteiger partial charge is 0.477 e. The third-order valence-electron chi connectivity index (χ3n) is 5.06. The summed E-state index contributed by atoms with van der Waals surface area (Å²) in [5.74, 6) is -0.696. The Morgan fingerprint density at radius 3 is 2.72 bits per heavy atom. The second kappa shape index (κ2) is 9.51. The number of urea groups is 1. The highest BCUT2D eigenvalue weighted by atomic mass is 32.2. The lowest BCUT2D eigenvalue weighted by Crippen LogP contribution is -2.71. The van der Waals surface area contributed by atoms with Gasteiger partial charge in [-0.2, -0.15) is 0 Å². The topological polar surface area (TPSA) is 125 Å². The summed E-state index contributed by atoms with van der Waals surface area (Å²) in [6.45, 7) is 3.71. The average molecular weight is 492 g/mol. The molecule has 3 N–H and O–H groups in total. The van der Waals surface area contributed by atoms with Crippen LogP contribution in [0, 0.1) is 6.92 Å². The van der Waals surface area contributed by atoms with Crippen LogP contribution < -0.4 is 10.6 Å². The maximum atomic E-state index is 12.8. The summed E-state index contributed by atoms with van der Waals surface area (Å²) in [6.07, 6.45) is 0. The molecule has 2 aliphatic rings. The monoisotopic (exact) mass is 491 g/mol. The minimum Gasteiger partial charge on any atom is -0.477 e. The molecule has 1 fully saturated rings. The number of nitrogens with zero attached hydrogens (tertiary/aromatic N) is 3. The molecule has 2 unspecified atom stereocenters. The van der Waals surface area contributed by atoms with Crippen molar-refractivity contribution in [3.8, 4) is 0 Å². The lowest BCUT2D eigenvalue weighted by molar-refractivity contribution is -0.148. The van der Waals surface area contributed by atoms with E-state index in [0.717, 1.165) is 14.9 Å². The maximum Gasteiger partial charge on any atom is 0.352 e. The molecular formula is C20H21N5O4S3. The van der Waals surface area contributed by atoms with E-state index in [0.29, 0.717) is 17.1 Å². The Balaban J connectivity index is 1.40. The molecule has 3 atom stereocenters. The molecule has 168 valence electrons. The fourth-order valence-electron chi connectivity index (χ4n) is 3.48. The van der Waals surface area contributed by atoms with E-state index >= 15 is 0 Å². The van der Waals surface area contributed by atoms with Crippen molar-refractivity contribution < 1.29 is 19.5 Å². The molecule has 0 saturated carbocycles. The quantitative estimate of drug-likeness (QED) is 0.399. The smallest absolute Gasteiger partial charge is 0.352 e. The van der Waals surface area contributed by atoms with Gasteiger partial charge in [-0.05, 0) is 25.0 Å². The standard InChI is InChI=1S/C20H21N5O4S3/c1-10(12-6-4-3-5-7-12)21-19(29)22-14-16(26)25-15(18(27)28)13(8-30-17(14)25)9-31-20-24-23-11(2)32-20/h3-7,10,14,17H,8-9H2,1-2H3,(H,27,28)(H2,21,22,29)/t10?,14?,17-/m0/s1. The first kappa shape index (κ1) is 22.6. The van der Waals surface area contributed by atoms with Crippen LogP contribution in [0.2, 0.25) is 0 Å². The molecule has 0 spiro atoms. The summed E-state index contributed by atoms with van der Waals surface area (Å²) in [4.78, 5) is 38.4. The van der Waals surface area contributed by atoms with Crippen LogP contribution in [0.5, 0.6) is 0 Å². The zero-order valence-corrected chi connectivity index (χ0v) is 19.7. The van der Waals surface area contributed by atoms with Crippen LogP contribution >= 0.6 is 34.9 Å². The molecule has 2 aromatic rings. The van der Waals surface area contributed by atoms with Crippen molar-refractivity contribution in [1.82, 2.24) is 25.7 Å². The number of rotatable bonds is 7. The van der Waals surface area contributed by atoms with Crippen LogP contribution in [-0.4, -0.2) is 61.0 Å². The number of β-lactam (4-membered cyclic amide) rings is 1. The summed E-state index contributed by atoms with van der Waals surface area (Å²) in [5.41, 5.74) is 1.61. The maximum absolute atomic E-state index is 12.8. The van der Waals surface area contributed by atoms with E-state index in [1.165, 1.54) is 39.8 Å². The summed E-state index contributed by atoms with van der Waals surface area (Å²) >= 11 is 4.29. The molecule has 3 heterocycles. The van der Waals surface area contributed by atoms with Crippen molar-refractivity contribution in [1.29, 1.82) is 0 Å². The summed E-state index contributed by atoms with van der Waals surface area (Å²) < 4.78 is 0.755. The molecular weight excluding hydrogens is 470 g/mol. The summed E-state index contributed by atoms with van der Waals surface area (Å²) in [7, 11) is 0. The van der Waals surface area contributed by atoms with Crippen LogP contribution in [0.4, 0.5) is 4.79 Å². The fraction of sp³-hybridized carbons (Fsp3) is 0.350. The number of nitrogens with one attached hydrogen (secondary N) is 2. The molecule has 9 nitrogen and oxygen atoms in total. The lowest BCUT2D eigenvalue weighted by atomic mass is 10.0. The molecule has 1 aromatic carbocycles. The Morgan fingerprint density at radius 1 is 1.31 bits per heavy atom. The number of carbonyl (C=O) groups is 3. The Bertz CT molecular complexity index is 1070. The number of fused-ring (bicyclic) bond motifs is 1. The number of benzene rings is 1. The highest BCUT2D eigenvalue weighted by Gasteiger charge is 2.54. The highest BCUT2D eigenvalue weighted by Crippen LogP contribution is 2.41. The molecule has 0 radical (unpaired) electrons. The number of carbonyl (C=O) groups excluding carboxylic acids is 2. The van der Waals surface area contributed by atoms with E-state index in [4.69, 9.17) is 0 Å².